The lowest BCUT2D eigenvalue weighted by Gasteiger charge is -2.15. The first-order valence-corrected chi connectivity index (χ1v) is 10.5. The third-order valence-corrected chi connectivity index (χ3v) is 5.49. The molecule has 142 valence electrons. The fraction of sp³-hybridized carbons (Fsp3) is 0.400. The quantitative estimate of drug-likeness (QED) is 0.580. The molecule has 2 aromatic carbocycles. The van der Waals surface area contributed by atoms with Crippen molar-refractivity contribution in [2.75, 3.05) is 14.2 Å². The number of aryl methyl sites for hydroxylation is 1. The molecular weight excluding hydrogens is 364 g/mol. The molecule has 26 heavy (non-hydrogen) atoms. The predicted molar refractivity (Wildman–Crippen MR) is 113 cm³/mol. The number of hydrogen-bond acceptors (Lipinski definition) is 6. The molecule has 6 heteroatoms. The normalized spacial score (nSPS) is 15.4. The molecule has 0 spiro atoms. The van der Waals surface area contributed by atoms with Crippen LogP contribution in [0.3, 0.4) is 0 Å². The number of aliphatic hydroxyl groups is 1. The van der Waals surface area contributed by atoms with Crippen molar-refractivity contribution in [3.63, 3.8) is 0 Å². The van der Waals surface area contributed by atoms with Crippen molar-refractivity contribution >= 4 is 23.9 Å². The summed E-state index contributed by atoms with van der Waals surface area (Å²) in [6.07, 6.45) is 2.27. The van der Waals surface area contributed by atoms with Crippen LogP contribution in [0.15, 0.2) is 47.4 Å². The van der Waals surface area contributed by atoms with Crippen molar-refractivity contribution in [1.82, 2.24) is 9.44 Å². The number of hydrogen-bond donors (Lipinski definition) is 3. The highest BCUT2D eigenvalue weighted by atomic mass is 32.2. The Kier molecular flexibility index (Phi) is 8.81. The summed E-state index contributed by atoms with van der Waals surface area (Å²) < 4.78 is 12.7. The van der Waals surface area contributed by atoms with Gasteiger partial charge in [0.15, 0.2) is 0 Å². The van der Waals surface area contributed by atoms with Crippen LogP contribution >= 0.6 is 23.9 Å². The molecule has 4 nitrogen and oxygen atoms in total. The number of rotatable bonds is 7. The average Bonchev–Trinajstić information content (AvgIpc) is 3.04. The van der Waals surface area contributed by atoms with E-state index >= 15 is 0 Å². The molecule has 2 aromatic rings. The van der Waals surface area contributed by atoms with Gasteiger partial charge in [0.2, 0.25) is 0 Å². The van der Waals surface area contributed by atoms with Gasteiger partial charge in [-0.25, -0.2) is 0 Å². The lowest BCUT2D eigenvalue weighted by Crippen LogP contribution is -2.13. The second kappa shape index (κ2) is 10.8. The van der Waals surface area contributed by atoms with Crippen molar-refractivity contribution in [3.8, 4) is 11.5 Å². The van der Waals surface area contributed by atoms with Gasteiger partial charge in [-0.05, 0) is 73.3 Å². The van der Waals surface area contributed by atoms with Gasteiger partial charge >= 0.3 is 0 Å². The second-order valence-corrected chi connectivity index (χ2v) is 8.62. The predicted octanol–water partition coefficient (Wildman–Crippen LogP) is 4.95. The van der Waals surface area contributed by atoms with Crippen LogP contribution in [0.5, 0.6) is 11.5 Å². The highest BCUT2D eigenvalue weighted by Crippen LogP contribution is 2.36. The minimum Gasteiger partial charge on any atom is -0.457 e. The topological polar surface area (TPSA) is 53.5 Å². The Morgan fingerprint density at radius 3 is 2.62 bits per heavy atom. The number of fused-ring (bicyclic) bond motifs is 1. The zero-order valence-electron chi connectivity index (χ0n) is 15.8. The summed E-state index contributed by atoms with van der Waals surface area (Å²) in [5.74, 6) is 1.79. The maximum Gasteiger partial charge on any atom is 0.128 e. The van der Waals surface area contributed by atoms with Gasteiger partial charge in [-0.3, -0.25) is 9.44 Å². The van der Waals surface area contributed by atoms with Gasteiger partial charge in [-0.15, -0.1) is 0 Å². The summed E-state index contributed by atoms with van der Waals surface area (Å²) in [6.45, 7) is 4.43. The Morgan fingerprint density at radius 1 is 1.12 bits per heavy atom. The lowest BCUT2D eigenvalue weighted by molar-refractivity contribution is 0.399. The van der Waals surface area contributed by atoms with Crippen LogP contribution in [0, 0.1) is 0 Å². The number of aliphatic hydroxyl groups excluding tert-OH is 1. The van der Waals surface area contributed by atoms with Crippen molar-refractivity contribution in [1.29, 1.82) is 0 Å². The molecule has 0 fully saturated rings. The fourth-order valence-corrected chi connectivity index (χ4v) is 4.09. The Hall–Kier alpha value is -1.18. The summed E-state index contributed by atoms with van der Waals surface area (Å²) in [6, 6.07) is 15.1. The van der Waals surface area contributed by atoms with E-state index in [4.69, 9.17) is 9.84 Å². The van der Waals surface area contributed by atoms with Gasteiger partial charge in [-0.1, -0.05) is 37.9 Å². The summed E-state index contributed by atoms with van der Waals surface area (Å²) in [5, 5.41) is 7.60. The number of ether oxygens (including phenoxy) is 1. The standard InChI is InChI=1S/C19H24N2OS2.CH4O/c1-13(2)23-21-19-10-7-14-11-16(8-9-18(14)19)22-15-5-4-6-17(12-15)24-20-3;1-2/h4-6,8-9,11-13,19-21H,7,10H2,1-3H3;2H,1H3. The third-order valence-electron chi connectivity index (χ3n) is 3.90. The number of nitrogens with one attached hydrogen (secondary N) is 2. The molecule has 0 aromatic heterocycles. The van der Waals surface area contributed by atoms with Crippen molar-refractivity contribution in [2.24, 2.45) is 0 Å². The molecule has 1 aliphatic rings. The van der Waals surface area contributed by atoms with E-state index in [1.165, 1.54) is 11.1 Å². The third kappa shape index (κ3) is 5.93. The molecule has 1 atom stereocenters. The maximum absolute atomic E-state index is 7.00. The first-order chi connectivity index (χ1) is 12.7. The first-order valence-electron chi connectivity index (χ1n) is 8.76. The smallest absolute Gasteiger partial charge is 0.128 e. The van der Waals surface area contributed by atoms with E-state index in [0.717, 1.165) is 36.3 Å². The van der Waals surface area contributed by atoms with E-state index in [9.17, 15) is 0 Å². The first kappa shape index (κ1) is 21.1. The molecule has 0 bridgehead atoms. The van der Waals surface area contributed by atoms with Crippen molar-refractivity contribution in [3.05, 3.63) is 53.6 Å². The van der Waals surface area contributed by atoms with Gasteiger partial charge in [-0.2, -0.15) is 0 Å². The molecule has 1 aliphatic carbocycles. The van der Waals surface area contributed by atoms with E-state index in [0.29, 0.717) is 11.3 Å². The fourth-order valence-electron chi connectivity index (χ4n) is 2.85. The maximum atomic E-state index is 7.00. The SMILES string of the molecule is CNSc1cccc(Oc2ccc3c(c2)CCC3NSC(C)C)c1.CO. The second-order valence-electron chi connectivity index (χ2n) is 6.12. The van der Waals surface area contributed by atoms with Gasteiger partial charge in [0.25, 0.3) is 0 Å². The van der Waals surface area contributed by atoms with Crippen LogP contribution in [-0.2, 0) is 6.42 Å². The lowest BCUT2D eigenvalue weighted by atomic mass is 10.1. The highest BCUT2D eigenvalue weighted by Gasteiger charge is 2.23. The largest absolute Gasteiger partial charge is 0.457 e. The summed E-state index contributed by atoms with van der Waals surface area (Å²) in [4.78, 5) is 1.14. The van der Waals surface area contributed by atoms with Crippen LogP contribution in [0.1, 0.15) is 37.4 Å². The Morgan fingerprint density at radius 2 is 1.88 bits per heavy atom. The molecule has 0 saturated carbocycles. The molecule has 0 radical (unpaired) electrons. The Labute approximate surface area is 165 Å². The van der Waals surface area contributed by atoms with E-state index in [1.807, 2.05) is 31.1 Å². The minimum absolute atomic E-state index is 0.455. The molecular formula is C20H28N2O2S2. The van der Waals surface area contributed by atoms with Gasteiger partial charge in [0.05, 0.1) is 0 Å². The van der Waals surface area contributed by atoms with Crippen LogP contribution in [0.4, 0.5) is 0 Å². The van der Waals surface area contributed by atoms with Crippen molar-refractivity contribution < 1.29 is 9.84 Å². The zero-order chi connectivity index (χ0) is 18.9. The molecule has 3 N–H and O–H groups in total. The van der Waals surface area contributed by atoms with Crippen molar-refractivity contribution in [2.45, 2.75) is 42.9 Å². The van der Waals surface area contributed by atoms with Crippen LogP contribution < -0.4 is 14.2 Å². The highest BCUT2D eigenvalue weighted by molar-refractivity contribution is 7.98. The molecule has 0 amide bonds. The van der Waals surface area contributed by atoms with Gasteiger partial charge < -0.3 is 9.84 Å². The van der Waals surface area contributed by atoms with Crippen LogP contribution in [-0.4, -0.2) is 24.5 Å². The van der Waals surface area contributed by atoms with Crippen LogP contribution in [0.2, 0.25) is 0 Å². The Bertz CT molecular complexity index is 695. The van der Waals surface area contributed by atoms with Crippen LogP contribution in [0.25, 0.3) is 0 Å². The average molecular weight is 393 g/mol. The van der Waals surface area contributed by atoms with E-state index in [1.54, 1.807) is 11.9 Å². The molecule has 3 rings (SSSR count). The summed E-state index contributed by atoms with van der Waals surface area (Å²) in [7, 11) is 2.92. The minimum atomic E-state index is 0.455. The molecule has 0 aliphatic heterocycles. The summed E-state index contributed by atoms with van der Waals surface area (Å²) in [5.41, 5.74) is 2.81. The Balaban J connectivity index is 0.00000117. The van der Waals surface area contributed by atoms with E-state index in [2.05, 4.69) is 53.6 Å². The number of benzene rings is 2. The summed E-state index contributed by atoms with van der Waals surface area (Å²) >= 11 is 3.40. The van der Waals surface area contributed by atoms with Gasteiger partial charge in [0.1, 0.15) is 11.5 Å². The van der Waals surface area contributed by atoms with E-state index < -0.39 is 0 Å². The zero-order valence-corrected chi connectivity index (χ0v) is 17.4. The monoisotopic (exact) mass is 392 g/mol. The molecule has 0 saturated heterocycles. The molecule has 0 heterocycles. The molecule has 1 unspecified atom stereocenters. The van der Waals surface area contributed by atoms with Gasteiger partial charge in [0, 0.05) is 23.3 Å². The van der Waals surface area contributed by atoms with E-state index in [-0.39, 0.29) is 0 Å².